The molecule has 1 amide bonds. The van der Waals surface area contributed by atoms with Gasteiger partial charge in [-0.3, -0.25) is 14.5 Å². The lowest BCUT2D eigenvalue weighted by atomic mass is 9.99. The van der Waals surface area contributed by atoms with Crippen molar-refractivity contribution in [3.63, 3.8) is 0 Å². The van der Waals surface area contributed by atoms with Crippen LogP contribution in [0.3, 0.4) is 0 Å². The SMILES string of the molecule is CC1CCCCc2cncc(c2)-c2c(cnn2C)NC1=O. The van der Waals surface area contributed by atoms with Gasteiger partial charge in [-0.05, 0) is 30.9 Å². The summed E-state index contributed by atoms with van der Waals surface area (Å²) in [7, 11) is 1.88. The first kappa shape index (κ1) is 13.8. The summed E-state index contributed by atoms with van der Waals surface area (Å²) >= 11 is 0. The number of anilines is 1. The lowest BCUT2D eigenvalue weighted by molar-refractivity contribution is -0.119. The monoisotopic (exact) mass is 284 g/mol. The van der Waals surface area contributed by atoms with Gasteiger partial charge in [-0.1, -0.05) is 13.3 Å². The summed E-state index contributed by atoms with van der Waals surface area (Å²) in [6, 6.07) is 2.14. The molecule has 1 atom stereocenters. The van der Waals surface area contributed by atoms with Crippen molar-refractivity contribution < 1.29 is 4.79 Å². The molecule has 3 rings (SSSR count). The van der Waals surface area contributed by atoms with Crippen molar-refractivity contribution in [3.8, 4) is 11.3 Å². The first-order chi connectivity index (χ1) is 10.1. The Morgan fingerprint density at radius 1 is 1.29 bits per heavy atom. The van der Waals surface area contributed by atoms with Gasteiger partial charge in [-0.25, -0.2) is 0 Å². The molecule has 1 aliphatic heterocycles. The maximum Gasteiger partial charge on any atom is 0.227 e. The van der Waals surface area contributed by atoms with Gasteiger partial charge < -0.3 is 5.32 Å². The Labute approximate surface area is 124 Å². The van der Waals surface area contributed by atoms with Crippen LogP contribution in [0.5, 0.6) is 0 Å². The maximum absolute atomic E-state index is 12.3. The number of pyridine rings is 1. The molecular weight excluding hydrogens is 264 g/mol. The Bertz CT molecular complexity index is 662. The van der Waals surface area contributed by atoms with Crippen molar-refractivity contribution >= 4 is 11.6 Å². The van der Waals surface area contributed by atoms with E-state index in [1.807, 2.05) is 26.4 Å². The number of hydrogen-bond donors (Lipinski definition) is 1. The Hall–Kier alpha value is -2.17. The van der Waals surface area contributed by atoms with Crippen LogP contribution in [0.15, 0.2) is 24.7 Å². The summed E-state index contributed by atoms with van der Waals surface area (Å²) < 4.78 is 1.78. The molecule has 0 radical (unpaired) electrons. The van der Waals surface area contributed by atoms with E-state index in [1.165, 1.54) is 5.56 Å². The topological polar surface area (TPSA) is 59.8 Å². The van der Waals surface area contributed by atoms with E-state index in [0.717, 1.165) is 42.6 Å². The summed E-state index contributed by atoms with van der Waals surface area (Å²) in [6.45, 7) is 1.98. The summed E-state index contributed by atoms with van der Waals surface area (Å²) in [4.78, 5) is 16.6. The molecule has 1 unspecified atom stereocenters. The van der Waals surface area contributed by atoms with Gasteiger partial charge in [0.25, 0.3) is 0 Å². The highest BCUT2D eigenvalue weighted by molar-refractivity contribution is 5.95. The van der Waals surface area contributed by atoms with E-state index in [-0.39, 0.29) is 11.8 Å². The standard InChI is InChI=1S/C16H20N4O/c1-11-5-3-4-6-12-7-13(9-17-8-12)15-14(19-16(11)21)10-18-20(15)2/h7-11H,3-6H2,1-2H3,(H,19,21). The average molecular weight is 284 g/mol. The maximum atomic E-state index is 12.3. The minimum Gasteiger partial charge on any atom is -0.323 e. The molecule has 0 aliphatic carbocycles. The van der Waals surface area contributed by atoms with Crippen molar-refractivity contribution in [1.29, 1.82) is 0 Å². The van der Waals surface area contributed by atoms with E-state index in [2.05, 4.69) is 21.5 Å². The third-order valence-corrected chi connectivity index (χ3v) is 4.07. The number of nitrogens with zero attached hydrogens (tertiary/aromatic N) is 3. The Balaban J connectivity index is 2.07. The lowest BCUT2D eigenvalue weighted by Gasteiger charge is -2.14. The molecule has 1 aliphatic rings. The fraction of sp³-hybridized carbons (Fsp3) is 0.438. The zero-order valence-electron chi connectivity index (χ0n) is 12.5. The quantitative estimate of drug-likeness (QED) is 0.809. The highest BCUT2D eigenvalue weighted by Gasteiger charge is 2.18. The molecule has 110 valence electrons. The van der Waals surface area contributed by atoms with Gasteiger partial charge in [-0.15, -0.1) is 0 Å². The van der Waals surface area contributed by atoms with Crippen LogP contribution in [-0.2, 0) is 18.3 Å². The van der Waals surface area contributed by atoms with Crippen molar-refractivity contribution in [3.05, 3.63) is 30.2 Å². The van der Waals surface area contributed by atoms with E-state index in [9.17, 15) is 4.79 Å². The predicted octanol–water partition coefficient (Wildman–Crippen LogP) is 2.78. The highest BCUT2D eigenvalue weighted by atomic mass is 16.1. The molecule has 2 aromatic rings. The Morgan fingerprint density at radius 3 is 3.00 bits per heavy atom. The third kappa shape index (κ3) is 2.82. The molecule has 0 spiro atoms. The number of hydrogen-bond acceptors (Lipinski definition) is 3. The molecule has 0 aromatic carbocycles. The predicted molar refractivity (Wildman–Crippen MR) is 81.8 cm³/mol. The number of nitrogens with one attached hydrogen (secondary N) is 1. The van der Waals surface area contributed by atoms with Crippen LogP contribution in [0.4, 0.5) is 5.69 Å². The molecule has 0 fully saturated rings. The van der Waals surface area contributed by atoms with Crippen LogP contribution >= 0.6 is 0 Å². The van der Waals surface area contributed by atoms with E-state index >= 15 is 0 Å². The molecule has 3 heterocycles. The van der Waals surface area contributed by atoms with Gasteiger partial charge in [0.05, 0.1) is 17.6 Å². The van der Waals surface area contributed by atoms with Gasteiger partial charge in [0.1, 0.15) is 0 Å². The Morgan fingerprint density at radius 2 is 2.14 bits per heavy atom. The first-order valence-electron chi connectivity index (χ1n) is 7.42. The van der Waals surface area contributed by atoms with Crippen LogP contribution in [0.25, 0.3) is 11.3 Å². The second-order valence-electron chi connectivity index (χ2n) is 5.75. The number of aromatic nitrogens is 3. The molecule has 5 heteroatoms. The fourth-order valence-electron chi connectivity index (χ4n) is 2.79. The molecule has 0 saturated carbocycles. The second-order valence-corrected chi connectivity index (χ2v) is 5.75. The zero-order valence-corrected chi connectivity index (χ0v) is 12.5. The average Bonchev–Trinajstić information content (AvgIpc) is 2.83. The number of rotatable bonds is 0. The zero-order chi connectivity index (χ0) is 14.8. The third-order valence-electron chi connectivity index (χ3n) is 4.07. The van der Waals surface area contributed by atoms with Crippen molar-refractivity contribution in [1.82, 2.24) is 14.8 Å². The lowest BCUT2D eigenvalue weighted by Crippen LogP contribution is -2.20. The van der Waals surface area contributed by atoms with Crippen LogP contribution in [-0.4, -0.2) is 20.7 Å². The summed E-state index contributed by atoms with van der Waals surface area (Å²) in [5.74, 6) is 0.0860. The minimum atomic E-state index is 0.0222. The largest absolute Gasteiger partial charge is 0.323 e. The minimum absolute atomic E-state index is 0.0222. The van der Waals surface area contributed by atoms with E-state index in [0.29, 0.717) is 0 Å². The number of carbonyl (C=O) groups is 1. The molecule has 2 aromatic heterocycles. The molecule has 21 heavy (non-hydrogen) atoms. The number of fused-ring (bicyclic) bond motifs is 4. The number of carbonyl (C=O) groups excluding carboxylic acids is 1. The van der Waals surface area contributed by atoms with E-state index in [4.69, 9.17) is 0 Å². The smallest absolute Gasteiger partial charge is 0.227 e. The Kier molecular flexibility index (Phi) is 3.73. The molecule has 2 bridgehead atoms. The van der Waals surface area contributed by atoms with Crippen LogP contribution in [0, 0.1) is 5.92 Å². The van der Waals surface area contributed by atoms with Gasteiger partial charge in [-0.2, -0.15) is 5.10 Å². The van der Waals surface area contributed by atoms with Crippen molar-refractivity contribution in [2.24, 2.45) is 13.0 Å². The summed E-state index contributed by atoms with van der Waals surface area (Å²) in [6.07, 6.45) is 9.51. The van der Waals surface area contributed by atoms with Crippen molar-refractivity contribution in [2.75, 3.05) is 5.32 Å². The second kappa shape index (κ2) is 5.68. The fourth-order valence-corrected chi connectivity index (χ4v) is 2.79. The van der Waals surface area contributed by atoms with Gasteiger partial charge in [0, 0.05) is 30.9 Å². The van der Waals surface area contributed by atoms with Crippen LogP contribution in [0.2, 0.25) is 0 Å². The molecule has 5 nitrogen and oxygen atoms in total. The van der Waals surface area contributed by atoms with Gasteiger partial charge in [0.2, 0.25) is 5.91 Å². The highest BCUT2D eigenvalue weighted by Crippen LogP contribution is 2.29. The first-order valence-corrected chi connectivity index (χ1v) is 7.42. The van der Waals surface area contributed by atoms with Crippen LogP contribution < -0.4 is 5.32 Å². The summed E-state index contributed by atoms with van der Waals surface area (Å²) in [5, 5.41) is 7.28. The van der Waals surface area contributed by atoms with Gasteiger partial charge in [0.15, 0.2) is 0 Å². The normalized spacial score (nSPS) is 19.1. The molecule has 1 N–H and O–H groups in total. The van der Waals surface area contributed by atoms with Crippen LogP contribution in [0.1, 0.15) is 31.7 Å². The number of aryl methyl sites for hydroxylation is 2. The molecular formula is C16H20N4O. The van der Waals surface area contributed by atoms with E-state index in [1.54, 1.807) is 10.9 Å². The van der Waals surface area contributed by atoms with Crippen molar-refractivity contribution in [2.45, 2.75) is 32.6 Å². The number of amides is 1. The van der Waals surface area contributed by atoms with E-state index < -0.39 is 0 Å². The molecule has 0 saturated heterocycles. The van der Waals surface area contributed by atoms with Gasteiger partial charge >= 0.3 is 0 Å². The summed E-state index contributed by atoms with van der Waals surface area (Å²) in [5.41, 5.74) is 3.90.